The van der Waals surface area contributed by atoms with Gasteiger partial charge in [-0.3, -0.25) is 0 Å². The Morgan fingerprint density at radius 2 is 1.87 bits per heavy atom. The first-order chi connectivity index (χ1) is 7.31. The largest absolute Gasteiger partial charge is 0.501 e. The van der Waals surface area contributed by atoms with Gasteiger partial charge in [-0.05, 0) is 23.6 Å². The molecule has 1 aromatic carbocycles. The number of hydrogen-bond donors (Lipinski definition) is 0. The van der Waals surface area contributed by atoms with Crippen LogP contribution in [0.3, 0.4) is 0 Å². The molecule has 1 aromatic rings. The van der Waals surface area contributed by atoms with Crippen molar-refractivity contribution >= 4 is 5.57 Å². The van der Waals surface area contributed by atoms with E-state index in [4.69, 9.17) is 4.74 Å². The zero-order valence-corrected chi connectivity index (χ0v) is 9.23. The lowest BCUT2D eigenvalue weighted by atomic mass is 9.90. The van der Waals surface area contributed by atoms with Crippen LogP contribution < -0.4 is 0 Å². The van der Waals surface area contributed by atoms with Gasteiger partial charge in [-0.2, -0.15) is 0 Å². The maximum Gasteiger partial charge on any atom is 0.0986 e. The van der Waals surface area contributed by atoms with E-state index in [1.165, 1.54) is 11.1 Å². The third kappa shape index (κ3) is 2.12. The number of rotatable bonds is 2. The van der Waals surface area contributed by atoms with E-state index in [1.54, 1.807) is 7.11 Å². The van der Waals surface area contributed by atoms with E-state index in [9.17, 15) is 0 Å². The van der Waals surface area contributed by atoms with E-state index in [0.29, 0.717) is 5.92 Å². The van der Waals surface area contributed by atoms with Gasteiger partial charge in [-0.25, -0.2) is 0 Å². The van der Waals surface area contributed by atoms with Gasteiger partial charge in [0, 0.05) is 5.92 Å². The number of allylic oxidation sites excluding steroid dienone is 4. The highest BCUT2D eigenvalue weighted by Crippen LogP contribution is 2.30. The van der Waals surface area contributed by atoms with Crippen molar-refractivity contribution in [1.82, 2.24) is 0 Å². The average molecular weight is 200 g/mol. The predicted octanol–water partition coefficient (Wildman–Crippen LogP) is 3.64. The van der Waals surface area contributed by atoms with Gasteiger partial charge in [-0.1, -0.05) is 43.3 Å². The highest BCUT2D eigenvalue weighted by Gasteiger charge is 2.15. The van der Waals surface area contributed by atoms with Gasteiger partial charge in [0.05, 0.1) is 12.9 Å². The summed E-state index contributed by atoms with van der Waals surface area (Å²) in [4.78, 5) is 0. The molecule has 2 rings (SSSR count). The Bertz CT molecular complexity index is 387. The fraction of sp³-hybridized carbons (Fsp3) is 0.286. The third-order valence-electron chi connectivity index (χ3n) is 2.84. The molecule has 0 N–H and O–H groups in total. The Balaban J connectivity index is 2.27. The second-order valence-electron chi connectivity index (χ2n) is 3.94. The topological polar surface area (TPSA) is 9.23 Å². The molecular weight excluding hydrogens is 184 g/mol. The molecule has 1 aliphatic rings. The molecule has 1 heteroatoms. The summed E-state index contributed by atoms with van der Waals surface area (Å²) in [5, 5.41) is 0. The van der Waals surface area contributed by atoms with Crippen LogP contribution in [0.4, 0.5) is 0 Å². The van der Waals surface area contributed by atoms with Gasteiger partial charge in [0.25, 0.3) is 0 Å². The van der Waals surface area contributed by atoms with Crippen molar-refractivity contribution in [1.29, 1.82) is 0 Å². The van der Waals surface area contributed by atoms with Gasteiger partial charge in [-0.15, -0.1) is 0 Å². The number of methoxy groups -OCH3 is 1. The molecule has 78 valence electrons. The lowest BCUT2D eigenvalue weighted by Crippen LogP contribution is -2.06. The molecular formula is C14H16O. The zero-order valence-electron chi connectivity index (χ0n) is 9.23. The standard InChI is InChI=1S/C14H16O/c1-11-10-13(8-9-14(11)15-2)12-6-4-3-5-7-12/h3-9,11H,10H2,1-2H3/t11-/m1/s1. The van der Waals surface area contributed by atoms with Crippen molar-refractivity contribution in [2.75, 3.05) is 7.11 Å². The average Bonchev–Trinajstić information content (AvgIpc) is 2.30. The predicted molar refractivity (Wildman–Crippen MR) is 63.3 cm³/mol. The van der Waals surface area contributed by atoms with Crippen molar-refractivity contribution in [2.24, 2.45) is 5.92 Å². The van der Waals surface area contributed by atoms with Crippen LogP contribution in [0, 0.1) is 5.92 Å². The van der Waals surface area contributed by atoms with Crippen LogP contribution in [0.25, 0.3) is 5.57 Å². The second kappa shape index (κ2) is 4.35. The molecule has 1 aliphatic carbocycles. The highest BCUT2D eigenvalue weighted by molar-refractivity contribution is 5.68. The van der Waals surface area contributed by atoms with E-state index < -0.39 is 0 Å². The van der Waals surface area contributed by atoms with Crippen LogP contribution in [0.1, 0.15) is 18.9 Å². The maximum absolute atomic E-state index is 5.30. The number of hydrogen-bond acceptors (Lipinski definition) is 1. The molecule has 0 fully saturated rings. The molecule has 0 amide bonds. The summed E-state index contributed by atoms with van der Waals surface area (Å²) in [6, 6.07) is 10.5. The summed E-state index contributed by atoms with van der Waals surface area (Å²) < 4.78 is 5.30. The Labute approximate surface area is 91.1 Å². The Hall–Kier alpha value is -1.50. The molecule has 1 atom stereocenters. The third-order valence-corrected chi connectivity index (χ3v) is 2.84. The van der Waals surface area contributed by atoms with Crippen LogP contribution in [0.15, 0.2) is 48.2 Å². The molecule has 0 spiro atoms. The lowest BCUT2D eigenvalue weighted by molar-refractivity contribution is 0.247. The first-order valence-corrected chi connectivity index (χ1v) is 5.31. The normalized spacial score (nSPS) is 20.5. The van der Waals surface area contributed by atoms with Crippen LogP contribution in [-0.2, 0) is 4.74 Å². The van der Waals surface area contributed by atoms with Crippen molar-refractivity contribution in [3.8, 4) is 0 Å². The fourth-order valence-electron chi connectivity index (χ4n) is 1.98. The Morgan fingerprint density at radius 3 is 2.47 bits per heavy atom. The van der Waals surface area contributed by atoms with Gasteiger partial charge >= 0.3 is 0 Å². The smallest absolute Gasteiger partial charge is 0.0986 e. The van der Waals surface area contributed by atoms with Crippen LogP contribution >= 0.6 is 0 Å². The van der Waals surface area contributed by atoms with Crippen LogP contribution in [0.5, 0.6) is 0 Å². The summed E-state index contributed by atoms with van der Waals surface area (Å²) in [7, 11) is 1.74. The maximum atomic E-state index is 5.30. The summed E-state index contributed by atoms with van der Waals surface area (Å²) in [5.74, 6) is 1.56. The van der Waals surface area contributed by atoms with Gasteiger partial charge in [0.2, 0.25) is 0 Å². The molecule has 0 aromatic heterocycles. The molecule has 0 aliphatic heterocycles. The lowest BCUT2D eigenvalue weighted by Gasteiger charge is -2.20. The second-order valence-corrected chi connectivity index (χ2v) is 3.94. The minimum absolute atomic E-state index is 0.482. The molecule has 0 unspecified atom stereocenters. The number of benzene rings is 1. The van der Waals surface area contributed by atoms with Gasteiger partial charge in [0.1, 0.15) is 0 Å². The molecule has 0 heterocycles. The van der Waals surface area contributed by atoms with Gasteiger partial charge < -0.3 is 4.74 Å². The minimum Gasteiger partial charge on any atom is -0.501 e. The summed E-state index contributed by atoms with van der Waals surface area (Å²) >= 11 is 0. The van der Waals surface area contributed by atoms with E-state index in [-0.39, 0.29) is 0 Å². The first kappa shape index (κ1) is 10.0. The Morgan fingerprint density at radius 1 is 1.13 bits per heavy atom. The quantitative estimate of drug-likeness (QED) is 0.708. The fourth-order valence-corrected chi connectivity index (χ4v) is 1.98. The van der Waals surface area contributed by atoms with Crippen molar-refractivity contribution < 1.29 is 4.74 Å². The summed E-state index contributed by atoms with van der Waals surface area (Å²) in [6.45, 7) is 2.20. The van der Waals surface area contributed by atoms with Gasteiger partial charge in [0.15, 0.2) is 0 Å². The van der Waals surface area contributed by atoms with Crippen LogP contribution in [0.2, 0.25) is 0 Å². The highest BCUT2D eigenvalue weighted by atomic mass is 16.5. The minimum atomic E-state index is 0.482. The van der Waals surface area contributed by atoms with E-state index in [0.717, 1.165) is 12.2 Å². The molecule has 0 saturated heterocycles. The monoisotopic (exact) mass is 200 g/mol. The summed E-state index contributed by atoms with van der Waals surface area (Å²) in [5.41, 5.74) is 2.71. The zero-order chi connectivity index (χ0) is 10.7. The molecule has 0 radical (unpaired) electrons. The van der Waals surface area contributed by atoms with E-state index >= 15 is 0 Å². The van der Waals surface area contributed by atoms with Crippen molar-refractivity contribution in [2.45, 2.75) is 13.3 Å². The molecule has 0 saturated carbocycles. The Kier molecular flexibility index (Phi) is 2.91. The molecule has 15 heavy (non-hydrogen) atoms. The number of ether oxygens (including phenoxy) is 1. The van der Waals surface area contributed by atoms with Crippen molar-refractivity contribution in [3.63, 3.8) is 0 Å². The van der Waals surface area contributed by atoms with E-state index in [1.807, 2.05) is 6.07 Å². The molecule has 0 bridgehead atoms. The molecule has 1 nitrogen and oxygen atoms in total. The van der Waals surface area contributed by atoms with Crippen molar-refractivity contribution in [3.05, 3.63) is 53.8 Å². The first-order valence-electron chi connectivity index (χ1n) is 5.31. The van der Waals surface area contributed by atoms with E-state index in [2.05, 4.69) is 43.3 Å². The SMILES string of the molecule is COC1=CC=C(c2ccccc2)C[C@H]1C. The summed E-state index contributed by atoms with van der Waals surface area (Å²) in [6.07, 6.45) is 5.30. The van der Waals surface area contributed by atoms with Crippen LogP contribution in [-0.4, -0.2) is 7.11 Å².